The molecular formula is C24H28N4O3S. The van der Waals surface area contributed by atoms with E-state index in [4.69, 9.17) is 0 Å². The molecule has 0 radical (unpaired) electrons. The van der Waals surface area contributed by atoms with Crippen molar-refractivity contribution >= 4 is 40.6 Å². The predicted molar refractivity (Wildman–Crippen MR) is 128 cm³/mol. The minimum atomic E-state index is -0.396. The van der Waals surface area contributed by atoms with Crippen LogP contribution in [-0.2, 0) is 9.59 Å². The Kier molecular flexibility index (Phi) is 6.15. The lowest BCUT2D eigenvalue weighted by molar-refractivity contribution is -0.135. The average molecular weight is 453 g/mol. The lowest BCUT2D eigenvalue weighted by atomic mass is 10.2. The van der Waals surface area contributed by atoms with Crippen LogP contribution in [0.3, 0.4) is 0 Å². The first-order valence-electron chi connectivity index (χ1n) is 10.8. The molecule has 2 saturated heterocycles. The SMILES string of the molecule is Cc1cc(/C=C2/SC(=O)N(CC(=O)N3CCCC3)C2=O)c(C)n1-c1ccc(N(C)C)cc1. The molecule has 0 atom stereocenters. The number of hydrogen-bond donors (Lipinski definition) is 0. The number of likely N-dealkylation sites (tertiary alicyclic amines) is 1. The number of aromatic nitrogens is 1. The quantitative estimate of drug-likeness (QED) is 0.646. The fraction of sp³-hybridized carbons (Fsp3) is 0.375. The van der Waals surface area contributed by atoms with Crippen LogP contribution in [0.4, 0.5) is 10.5 Å². The monoisotopic (exact) mass is 452 g/mol. The van der Waals surface area contributed by atoms with Gasteiger partial charge in [-0.15, -0.1) is 0 Å². The molecule has 3 heterocycles. The Morgan fingerprint density at radius 2 is 1.75 bits per heavy atom. The zero-order valence-corrected chi connectivity index (χ0v) is 19.7. The third kappa shape index (κ3) is 4.19. The normalized spacial score (nSPS) is 17.7. The first-order valence-corrected chi connectivity index (χ1v) is 11.6. The molecule has 7 nitrogen and oxygen atoms in total. The molecule has 0 N–H and O–H groups in total. The molecule has 0 unspecified atom stereocenters. The molecule has 32 heavy (non-hydrogen) atoms. The summed E-state index contributed by atoms with van der Waals surface area (Å²) in [7, 11) is 4.01. The van der Waals surface area contributed by atoms with Gasteiger partial charge < -0.3 is 14.4 Å². The number of carbonyl (C=O) groups is 3. The van der Waals surface area contributed by atoms with Crippen molar-refractivity contribution in [3.8, 4) is 5.69 Å². The summed E-state index contributed by atoms with van der Waals surface area (Å²) in [6, 6.07) is 10.3. The van der Waals surface area contributed by atoms with E-state index >= 15 is 0 Å². The Morgan fingerprint density at radius 3 is 2.38 bits per heavy atom. The number of benzene rings is 1. The van der Waals surface area contributed by atoms with Crippen LogP contribution < -0.4 is 4.90 Å². The fourth-order valence-corrected chi connectivity index (χ4v) is 5.04. The van der Waals surface area contributed by atoms with Gasteiger partial charge in [0.2, 0.25) is 5.91 Å². The van der Waals surface area contributed by atoms with Gasteiger partial charge in [0, 0.05) is 49.9 Å². The number of rotatable bonds is 5. The van der Waals surface area contributed by atoms with Crippen molar-refractivity contribution < 1.29 is 14.4 Å². The summed E-state index contributed by atoms with van der Waals surface area (Å²) in [6.07, 6.45) is 3.71. The second kappa shape index (κ2) is 8.86. The Hall–Kier alpha value is -3.00. The Balaban J connectivity index is 1.56. The van der Waals surface area contributed by atoms with Gasteiger partial charge in [-0.2, -0.15) is 0 Å². The lowest BCUT2D eigenvalue weighted by Gasteiger charge is -2.18. The van der Waals surface area contributed by atoms with Crippen LogP contribution in [-0.4, -0.2) is 65.2 Å². The Labute approximate surface area is 192 Å². The number of amides is 3. The van der Waals surface area contributed by atoms with E-state index in [1.54, 1.807) is 11.0 Å². The number of aryl methyl sites for hydroxylation is 1. The van der Waals surface area contributed by atoms with Gasteiger partial charge in [-0.3, -0.25) is 19.3 Å². The summed E-state index contributed by atoms with van der Waals surface area (Å²) in [5.41, 5.74) is 5.06. The topological polar surface area (TPSA) is 65.9 Å². The smallest absolute Gasteiger partial charge is 0.294 e. The minimum Gasteiger partial charge on any atom is -0.378 e. The number of nitrogens with zero attached hydrogens (tertiary/aromatic N) is 4. The molecule has 4 rings (SSSR count). The van der Waals surface area contributed by atoms with Crippen LogP contribution in [0.25, 0.3) is 11.8 Å². The molecule has 1 aromatic carbocycles. The van der Waals surface area contributed by atoms with Crippen LogP contribution in [0.1, 0.15) is 29.8 Å². The molecule has 2 fully saturated rings. The molecule has 0 saturated carbocycles. The maximum absolute atomic E-state index is 12.9. The van der Waals surface area contributed by atoms with E-state index in [1.807, 2.05) is 34.0 Å². The molecule has 0 aliphatic carbocycles. The summed E-state index contributed by atoms with van der Waals surface area (Å²) in [6.45, 7) is 5.24. The third-order valence-electron chi connectivity index (χ3n) is 6.01. The molecule has 0 spiro atoms. The summed E-state index contributed by atoms with van der Waals surface area (Å²) in [5, 5.41) is -0.387. The van der Waals surface area contributed by atoms with Crippen LogP contribution in [0.2, 0.25) is 0 Å². The molecular weight excluding hydrogens is 424 g/mol. The number of hydrogen-bond acceptors (Lipinski definition) is 5. The Morgan fingerprint density at radius 1 is 1.09 bits per heavy atom. The zero-order chi connectivity index (χ0) is 23.0. The summed E-state index contributed by atoms with van der Waals surface area (Å²) >= 11 is 0.899. The van der Waals surface area contributed by atoms with Crippen molar-refractivity contribution in [3.05, 3.63) is 52.2 Å². The van der Waals surface area contributed by atoms with Crippen molar-refractivity contribution in [2.75, 3.05) is 38.6 Å². The van der Waals surface area contributed by atoms with Gasteiger partial charge in [-0.05, 0) is 80.4 Å². The second-order valence-electron chi connectivity index (χ2n) is 8.43. The van der Waals surface area contributed by atoms with Crippen LogP contribution >= 0.6 is 11.8 Å². The van der Waals surface area contributed by atoms with Crippen LogP contribution in [0.5, 0.6) is 0 Å². The first kappa shape index (κ1) is 22.2. The van der Waals surface area contributed by atoms with Gasteiger partial charge in [-0.25, -0.2) is 0 Å². The first-order chi connectivity index (χ1) is 15.3. The van der Waals surface area contributed by atoms with Crippen LogP contribution in [0, 0.1) is 13.8 Å². The minimum absolute atomic E-state index is 0.162. The predicted octanol–water partition coefficient (Wildman–Crippen LogP) is 3.82. The molecule has 3 amide bonds. The van der Waals surface area contributed by atoms with Gasteiger partial charge in [0.05, 0.1) is 4.91 Å². The average Bonchev–Trinajstić information content (AvgIpc) is 3.45. The number of imide groups is 1. The number of carbonyl (C=O) groups excluding carboxylic acids is 3. The van der Waals surface area contributed by atoms with E-state index in [9.17, 15) is 14.4 Å². The van der Waals surface area contributed by atoms with Gasteiger partial charge in [0.15, 0.2) is 0 Å². The van der Waals surface area contributed by atoms with Crippen molar-refractivity contribution in [2.45, 2.75) is 26.7 Å². The van der Waals surface area contributed by atoms with Gasteiger partial charge in [0.1, 0.15) is 6.54 Å². The largest absolute Gasteiger partial charge is 0.378 e. The fourth-order valence-electron chi connectivity index (χ4n) is 4.21. The number of thioether (sulfide) groups is 1. The summed E-state index contributed by atoms with van der Waals surface area (Å²) < 4.78 is 2.13. The lowest BCUT2D eigenvalue weighted by Crippen LogP contribution is -2.40. The van der Waals surface area contributed by atoms with Gasteiger partial charge in [-0.1, -0.05) is 0 Å². The van der Waals surface area contributed by atoms with E-state index in [-0.39, 0.29) is 17.7 Å². The van der Waals surface area contributed by atoms with E-state index in [0.717, 1.165) is 57.8 Å². The van der Waals surface area contributed by atoms with Crippen LogP contribution in [0.15, 0.2) is 35.2 Å². The van der Waals surface area contributed by atoms with E-state index in [2.05, 4.69) is 33.7 Å². The van der Waals surface area contributed by atoms with Crippen molar-refractivity contribution in [1.82, 2.24) is 14.4 Å². The van der Waals surface area contributed by atoms with E-state index in [0.29, 0.717) is 18.0 Å². The van der Waals surface area contributed by atoms with Gasteiger partial charge >= 0.3 is 0 Å². The molecule has 2 aliphatic rings. The second-order valence-corrected chi connectivity index (χ2v) is 9.42. The molecule has 8 heteroatoms. The highest BCUT2D eigenvalue weighted by molar-refractivity contribution is 8.18. The Bertz CT molecular complexity index is 1100. The molecule has 2 aliphatic heterocycles. The highest BCUT2D eigenvalue weighted by Gasteiger charge is 2.37. The zero-order valence-electron chi connectivity index (χ0n) is 18.9. The van der Waals surface area contributed by atoms with Crippen molar-refractivity contribution in [1.29, 1.82) is 0 Å². The molecule has 168 valence electrons. The number of anilines is 1. The standard InChI is InChI=1S/C24H28N4O3S/c1-16-13-18(17(2)28(16)20-9-7-19(8-10-20)25(3)4)14-21-23(30)27(24(31)32-21)15-22(29)26-11-5-6-12-26/h7-10,13-14H,5-6,11-12,15H2,1-4H3/b21-14+. The van der Waals surface area contributed by atoms with E-state index < -0.39 is 5.91 Å². The highest BCUT2D eigenvalue weighted by Crippen LogP contribution is 2.34. The van der Waals surface area contributed by atoms with Crippen molar-refractivity contribution in [3.63, 3.8) is 0 Å². The maximum Gasteiger partial charge on any atom is 0.294 e. The van der Waals surface area contributed by atoms with Gasteiger partial charge in [0.25, 0.3) is 11.1 Å². The van der Waals surface area contributed by atoms with Crippen molar-refractivity contribution in [2.24, 2.45) is 0 Å². The van der Waals surface area contributed by atoms with E-state index in [1.165, 1.54) is 0 Å². The molecule has 0 bridgehead atoms. The highest BCUT2D eigenvalue weighted by atomic mass is 32.2. The molecule has 2 aromatic rings. The third-order valence-corrected chi connectivity index (χ3v) is 6.91. The molecule has 1 aromatic heterocycles. The summed E-state index contributed by atoms with van der Waals surface area (Å²) in [5.74, 6) is -0.557. The maximum atomic E-state index is 12.9. The summed E-state index contributed by atoms with van der Waals surface area (Å²) in [4.78, 5) is 42.9.